The number of carbonyl (C=O) groups excluding carboxylic acids is 1. The molecule has 0 unspecified atom stereocenters. The average molecular weight is 602 g/mol. The molecule has 0 bridgehead atoms. The molecule has 0 spiro atoms. The predicted molar refractivity (Wildman–Crippen MR) is 150 cm³/mol. The molecule has 1 atom stereocenters. The second-order valence-corrected chi connectivity index (χ2v) is 10.6. The van der Waals surface area contributed by atoms with Gasteiger partial charge in [-0.2, -0.15) is 0 Å². The molecule has 2 heterocycles. The van der Waals surface area contributed by atoms with Crippen molar-refractivity contribution in [2.24, 2.45) is 4.99 Å². The summed E-state index contributed by atoms with van der Waals surface area (Å²) in [6, 6.07) is 10.2. The van der Waals surface area contributed by atoms with E-state index < -0.39 is 12.0 Å². The number of halogens is 1. The maximum Gasteiger partial charge on any atom is 0.338 e. The second kappa shape index (κ2) is 11.6. The Bertz CT molecular complexity index is 1570. The van der Waals surface area contributed by atoms with Crippen molar-refractivity contribution in [2.45, 2.75) is 39.8 Å². The van der Waals surface area contributed by atoms with Crippen molar-refractivity contribution in [3.8, 4) is 17.2 Å². The van der Waals surface area contributed by atoms with Crippen LogP contribution in [0.15, 0.2) is 61.9 Å². The number of hydrogen-bond acceptors (Lipinski definition) is 8. The minimum atomic E-state index is -0.705. The number of ether oxygens (including phenoxy) is 4. The van der Waals surface area contributed by atoms with E-state index in [4.69, 9.17) is 18.9 Å². The van der Waals surface area contributed by atoms with Crippen LogP contribution in [-0.2, 0) is 9.53 Å². The highest BCUT2D eigenvalue weighted by molar-refractivity contribution is 9.10. The lowest BCUT2D eigenvalue weighted by Crippen LogP contribution is -2.40. The molecule has 0 aliphatic carbocycles. The maximum atomic E-state index is 13.9. The maximum absolute atomic E-state index is 13.9. The fourth-order valence-electron chi connectivity index (χ4n) is 4.19. The molecule has 0 saturated heterocycles. The first-order chi connectivity index (χ1) is 18.2. The number of benzene rings is 2. The van der Waals surface area contributed by atoms with E-state index in [0.717, 1.165) is 15.6 Å². The first-order valence-electron chi connectivity index (χ1n) is 12.1. The van der Waals surface area contributed by atoms with Crippen molar-refractivity contribution in [3.63, 3.8) is 0 Å². The van der Waals surface area contributed by atoms with Crippen LogP contribution < -0.4 is 29.1 Å². The monoisotopic (exact) mass is 600 g/mol. The smallest absolute Gasteiger partial charge is 0.338 e. The van der Waals surface area contributed by atoms with Crippen LogP contribution in [0, 0.1) is 0 Å². The van der Waals surface area contributed by atoms with Gasteiger partial charge in [0.2, 0.25) is 0 Å². The van der Waals surface area contributed by atoms with Crippen LogP contribution in [0.4, 0.5) is 0 Å². The SMILES string of the molecule is CCOc1cc(/C=c2/sc3n(c2=O)[C@H](c2ccc(OC)cc2)C(C(=O)OC(C)C)=C(C)N=3)c(Br)cc1OC. The summed E-state index contributed by atoms with van der Waals surface area (Å²) < 4.78 is 24.8. The summed E-state index contributed by atoms with van der Waals surface area (Å²) in [6.45, 7) is 7.70. The number of aromatic nitrogens is 1. The van der Waals surface area contributed by atoms with Gasteiger partial charge in [0.15, 0.2) is 16.3 Å². The van der Waals surface area contributed by atoms with Gasteiger partial charge in [0, 0.05) is 4.47 Å². The Kier molecular flexibility index (Phi) is 8.42. The fourth-order valence-corrected chi connectivity index (χ4v) is 5.67. The molecule has 0 radical (unpaired) electrons. The molecule has 38 heavy (non-hydrogen) atoms. The van der Waals surface area contributed by atoms with Gasteiger partial charge in [0.25, 0.3) is 5.56 Å². The highest BCUT2D eigenvalue weighted by Crippen LogP contribution is 2.34. The minimum Gasteiger partial charge on any atom is -0.497 e. The van der Waals surface area contributed by atoms with E-state index in [-0.39, 0.29) is 11.7 Å². The van der Waals surface area contributed by atoms with E-state index in [0.29, 0.717) is 44.5 Å². The predicted octanol–water partition coefficient (Wildman–Crippen LogP) is 4.37. The molecule has 0 fully saturated rings. The molecular weight excluding hydrogens is 572 g/mol. The quantitative estimate of drug-likeness (QED) is 0.357. The van der Waals surface area contributed by atoms with Crippen molar-refractivity contribution >= 4 is 39.3 Å². The Morgan fingerprint density at radius 2 is 1.87 bits per heavy atom. The molecule has 4 rings (SSSR count). The summed E-state index contributed by atoms with van der Waals surface area (Å²) in [7, 11) is 3.16. The topological polar surface area (TPSA) is 88.4 Å². The van der Waals surface area contributed by atoms with Gasteiger partial charge in [-0.25, -0.2) is 9.79 Å². The van der Waals surface area contributed by atoms with E-state index in [1.54, 1.807) is 63.8 Å². The number of rotatable bonds is 8. The van der Waals surface area contributed by atoms with Gasteiger partial charge >= 0.3 is 5.97 Å². The zero-order valence-electron chi connectivity index (χ0n) is 22.0. The van der Waals surface area contributed by atoms with Gasteiger partial charge in [-0.3, -0.25) is 9.36 Å². The Balaban J connectivity index is 1.93. The lowest BCUT2D eigenvalue weighted by atomic mass is 9.96. The van der Waals surface area contributed by atoms with Crippen LogP contribution in [0.1, 0.15) is 44.9 Å². The zero-order valence-corrected chi connectivity index (χ0v) is 24.4. The van der Waals surface area contributed by atoms with Gasteiger partial charge in [-0.1, -0.05) is 39.4 Å². The molecule has 0 N–H and O–H groups in total. The van der Waals surface area contributed by atoms with Crippen LogP contribution in [0.3, 0.4) is 0 Å². The highest BCUT2D eigenvalue weighted by Gasteiger charge is 2.33. The van der Waals surface area contributed by atoms with Crippen molar-refractivity contribution < 1.29 is 23.7 Å². The molecule has 1 aliphatic heterocycles. The van der Waals surface area contributed by atoms with Crippen molar-refractivity contribution in [1.82, 2.24) is 4.57 Å². The molecule has 2 aromatic carbocycles. The molecule has 3 aromatic rings. The largest absolute Gasteiger partial charge is 0.497 e. The number of nitrogens with zero attached hydrogens (tertiary/aromatic N) is 2. The van der Waals surface area contributed by atoms with Crippen LogP contribution in [-0.4, -0.2) is 37.5 Å². The van der Waals surface area contributed by atoms with Crippen LogP contribution in [0.2, 0.25) is 0 Å². The second-order valence-electron chi connectivity index (χ2n) is 8.77. The normalized spacial score (nSPS) is 15.3. The standard InChI is InChI=1S/C28H29BrN2O6S/c1-7-36-22-12-18(20(29)14-21(22)35-6)13-23-26(32)31-25(17-8-10-19(34-5)11-9-17)24(27(33)37-15(2)3)16(4)30-28(31)38-23/h8-15,25H,7H2,1-6H3/b23-13+/t25-/m1/s1. The molecule has 1 aliphatic rings. The first kappa shape index (κ1) is 27.7. The number of thiazole rings is 1. The molecular formula is C28H29BrN2O6S. The van der Waals surface area contributed by atoms with Gasteiger partial charge in [0.1, 0.15) is 5.75 Å². The average Bonchev–Trinajstić information content (AvgIpc) is 3.18. The Morgan fingerprint density at radius 1 is 1.16 bits per heavy atom. The van der Waals surface area contributed by atoms with Gasteiger partial charge in [-0.15, -0.1) is 0 Å². The Morgan fingerprint density at radius 3 is 2.47 bits per heavy atom. The minimum absolute atomic E-state index is 0.266. The summed E-state index contributed by atoms with van der Waals surface area (Å²) >= 11 is 4.83. The summed E-state index contributed by atoms with van der Waals surface area (Å²) in [6.07, 6.45) is 1.46. The number of carbonyl (C=O) groups is 1. The van der Waals surface area contributed by atoms with E-state index >= 15 is 0 Å². The number of fused-ring (bicyclic) bond motifs is 1. The van der Waals surface area contributed by atoms with Crippen LogP contribution in [0.5, 0.6) is 17.2 Å². The van der Waals surface area contributed by atoms with Gasteiger partial charge in [0.05, 0.1) is 48.8 Å². The summed E-state index contributed by atoms with van der Waals surface area (Å²) in [5.41, 5.74) is 2.06. The lowest BCUT2D eigenvalue weighted by Gasteiger charge is -2.25. The third-order valence-electron chi connectivity index (χ3n) is 5.89. The van der Waals surface area contributed by atoms with E-state index in [2.05, 4.69) is 20.9 Å². The van der Waals surface area contributed by atoms with Crippen LogP contribution in [0.25, 0.3) is 6.08 Å². The fraction of sp³-hybridized carbons (Fsp3) is 0.321. The Hall–Kier alpha value is -3.37. The summed E-state index contributed by atoms with van der Waals surface area (Å²) in [5.74, 6) is 1.32. The number of allylic oxidation sites excluding steroid dienone is 1. The third kappa shape index (κ3) is 5.42. The zero-order chi connectivity index (χ0) is 27.6. The lowest BCUT2D eigenvalue weighted by molar-refractivity contribution is -0.143. The van der Waals surface area contributed by atoms with Crippen molar-refractivity contribution in [3.05, 3.63) is 83.0 Å². The molecule has 10 heteroatoms. The van der Waals surface area contributed by atoms with E-state index in [1.807, 2.05) is 25.1 Å². The van der Waals surface area contributed by atoms with Crippen molar-refractivity contribution in [2.75, 3.05) is 20.8 Å². The molecule has 0 saturated carbocycles. The van der Waals surface area contributed by atoms with Crippen LogP contribution >= 0.6 is 27.3 Å². The van der Waals surface area contributed by atoms with Gasteiger partial charge < -0.3 is 18.9 Å². The molecule has 200 valence electrons. The van der Waals surface area contributed by atoms with Crippen molar-refractivity contribution in [1.29, 1.82) is 0 Å². The highest BCUT2D eigenvalue weighted by atomic mass is 79.9. The van der Waals surface area contributed by atoms with E-state index in [1.165, 1.54) is 11.3 Å². The number of methoxy groups -OCH3 is 2. The van der Waals surface area contributed by atoms with E-state index in [9.17, 15) is 9.59 Å². The molecule has 8 nitrogen and oxygen atoms in total. The van der Waals surface area contributed by atoms with Gasteiger partial charge in [-0.05, 0) is 69.2 Å². The molecule has 0 amide bonds. The summed E-state index contributed by atoms with van der Waals surface area (Å²) in [4.78, 5) is 32.3. The number of esters is 1. The number of hydrogen-bond donors (Lipinski definition) is 0. The summed E-state index contributed by atoms with van der Waals surface area (Å²) in [5, 5.41) is 0. The molecule has 1 aromatic heterocycles. The first-order valence-corrected chi connectivity index (χ1v) is 13.7. The Labute approximate surface area is 233 Å². The third-order valence-corrected chi connectivity index (χ3v) is 7.55.